The van der Waals surface area contributed by atoms with Gasteiger partial charge in [-0.05, 0) is 24.3 Å². The summed E-state index contributed by atoms with van der Waals surface area (Å²) in [6, 6.07) is 16.8. The molecule has 2 aromatic carbocycles. The van der Waals surface area contributed by atoms with E-state index >= 15 is 0 Å². The number of halogens is 3. The molecule has 0 radical (unpaired) electrons. The zero-order chi connectivity index (χ0) is 19.1. The Kier molecular flexibility index (Phi) is 6.83. The molecule has 1 N–H and O–H groups in total. The minimum absolute atomic E-state index is 0.358. The molecule has 6 nitrogen and oxygen atoms in total. The fraction of sp³-hybridized carbons (Fsp3) is 0.0667. The van der Waals surface area contributed by atoms with Gasteiger partial charge in [0.15, 0.2) is 0 Å². The zero-order valence-corrected chi connectivity index (χ0v) is 13.1. The minimum atomic E-state index is -5.84. The molecule has 0 aliphatic carbocycles. The van der Waals surface area contributed by atoms with Crippen LogP contribution in [0.5, 0.6) is 0 Å². The van der Waals surface area contributed by atoms with E-state index in [2.05, 4.69) is 0 Å². The molecule has 0 atom stereocenters. The number of carbonyl (C=O) groups is 2. The number of hydrogen-bond donors (Lipinski definition) is 1. The first-order valence-corrected chi connectivity index (χ1v) is 7.86. The number of ether oxygens (including phenoxy) is 1. The van der Waals surface area contributed by atoms with Gasteiger partial charge in [0.1, 0.15) is 0 Å². The normalized spacial score (nSPS) is 11.0. The molecule has 0 unspecified atom stereocenters. The van der Waals surface area contributed by atoms with Crippen LogP contribution in [-0.4, -0.2) is 30.4 Å². The highest BCUT2D eigenvalue weighted by atomic mass is 32.2. The second-order valence-electron chi connectivity index (χ2n) is 4.33. The molecule has 2 aromatic rings. The van der Waals surface area contributed by atoms with Gasteiger partial charge in [-0.25, -0.2) is 9.59 Å². The third-order valence-electron chi connectivity index (χ3n) is 2.50. The second kappa shape index (κ2) is 8.40. The van der Waals surface area contributed by atoms with Crippen molar-refractivity contribution in [2.45, 2.75) is 5.51 Å². The molecule has 2 rings (SSSR count). The average Bonchev–Trinajstić information content (AvgIpc) is 2.55. The van der Waals surface area contributed by atoms with Gasteiger partial charge in [0.2, 0.25) is 0 Å². The molecule has 0 fully saturated rings. The Morgan fingerprint density at radius 3 is 1.32 bits per heavy atom. The van der Waals surface area contributed by atoms with E-state index in [1.807, 2.05) is 0 Å². The maximum absolute atomic E-state index is 11.6. The van der Waals surface area contributed by atoms with E-state index in [0.29, 0.717) is 11.1 Å². The van der Waals surface area contributed by atoms with E-state index in [-0.39, 0.29) is 0 Å². The van der Waals surface area contributed by atoms with Crippen molar-refractivity contribution in [3.63, 3.8) is 0 Å². The molecule has 25 heavy (non-hydrogen) atoms. The molecule has 0 aliphatic heterocycles. The van der Waals surface area contributed by atoms with Crippen LogP contribution in [0.4, 0.5) is 13.2 Å². The SMILES string of the molecule is O=C(OC(=O)c1ccccc1)c1ccccc1.O=S(=O)(O)C(F)(F)F. The summed E-state index contributed by atoms with van der Waals surface area (Å²) >= 11 is 0. The lowest BCUT2D eigenvalue weighted by molar-refractivity contribution is -0.0510. The Bertz CT molecular complexity index is 768. The molecule has 0 spiro atoms. The highest BCUT2D eigenvalue weighted by molar-refractivity contribution is 7.86. The molecule has 0 amide bonds. The van der Waals surface area contributed by atoms with Crippen molar-refractivity contribution < 1.29 is 40.5 Å². The summed E-state index contributed by atoms with van der Waals surface area (Å²) in [4.78, 5) is 23.2. The molecular formula is C15H11F3O6S. The fourth-order valence-electron chi connectivity index (χ4n) is 1.35. The van der Waals surface area contributed by atoms with E-state index < -0.39 is 27.6 Å². The third kappa shape index (κ3) is 6.73. The lowest BCUT2D eigenvalue weighted by Crippen LogP contribution is -2.21. The number of benzene rings is 2. The highest BCUT2D eigenvalue weighted by Crippen LogP contribution is 2.20. The Balaban J connectivity index is 0.000000333. The summed E-state index contributed by atoms with van der Waals surface area (Å²) in [5.41, 5.74) is -4.82. The first-order chi connectivity index (χ1) is 11.5. The van der Waals surface area contributed by atoms with Gasteiger partial charge in [-0.1, -0.05) is 36.4 Å². The number of carbonyl (C=O) groups excluding carboxylic acids is 2. The summed E-state index contributed by atoms with van der Waals surface area (Å²) < 4.78 is 62.3. The molecule has 0 saturated carbocycles. The lowest BCUT2D eigenvalue weighted by Gasteiger charge is -2.02. The molecule has 0 heterocycles. The fourth-order valence-corrected chi connectivity index (χ4v) is 1.35. The number of hydrogen-bond acceptors (Lipinski definition) is 5. The van der Waals surface area contributed by atoms with E-state index in [1.165, 1.54) is 0 Å². The summed E-state index contributed by atoms with van der Waals surface area (Å²) in [7, 11) is -5.84. The Labute approximate surface area is 140 Å². The average molecular weight is 376 g/mol. The summed E-state index contributed by atoms with van der Waals surface area (Å²) in [6.45, 7) is 0. The van der Waals surface area contributed by atoms with Crippen LogP contribution < -0.4 is 0 Å². The van der Waals surface area contributed by atoms with Crippen molar-refractivity contribution in [2.24, 2.45) is 0 Å². The van der Waals surface area contributed by atoms with Crippen molar-refractivity contribution in [1.82, 2.24) is 0 Å². The van der Waals surface area contributed by atoms with E-state index in [4.69, 9.17) is 17.7 Å². The third-order valence-corrected chi connectivity index (χ3v) is 3.08. The van der Waals surface area contributed by atoms with Gasteiger partial charge in [0.05, 0.1) is 11.1 Å². The Morgan fingerprint density at radius 2 is 1.08 bits per heavy atom. The predicted octanol–water partition coefficient (Wildman–Crippen LogP) is 3.08. The van der Waals surface area contributed by atoms with Gasteiger partial charge in [-0.3, -0.25) is 4.55 Å². The Hall–Kier alpha value is -2.72. The number of rotatable bonds is 2. The van der Waals surface area contributed by atoms with Crippen LogP contribution in [0.25, 0.3) is 0 Å². The van der Waals surface area contributed by atoms with Crippen LogP contribution in [-0.2, 0) is 14.9 Å². The minimum Gasteiger partial charge on any atom is -0.386 e. The standard InChI is InChI=1S/C14H10O3.CHF3O3S/c15-13(11-7-3-1-4-8-11)17-14(16)12-9-5-2-6-10-12;2-1(3,4)8(5,6)7/h1-10H;(H,5,6,7). The molecule has 0 saturated heterocycles. The smallest absolute Gasteiger partial charge is 0.386 e. The summed E-state index contributed by atoms with van der Waals surface area (Å²) in [5.74, 6) is -1.28. The lowest BCUT2D eigenvalue weighted by atomic mass is 10.2. The van der Waals surface area contributed by atoms with Crippen LogP contribution in [0.3, 0.4) is 0 Å². The first-order valence-electron chi connectivity index (χ1n) is 6.42. The van der Waals surface area contributed by atoms with Crippen molar-refractivity contribution in [3.05, 3.63) is 71.8 Å². The van der Waals surface area contributed by atoms with E-state index in [0.717, 1.165) is 0 Å². The molecule has 134 valence electrons. The first kappa shape index (κ1) is 20.3. The van der Waals surface area contributed by atoms with Crippen LogP contribution in [0, 0.1) is 0 Å². The van der Waals surface area contributed by atoms with E-state index in [9.17, 15) is 22.8 Å². The number of alkyl halides is 3. The maximum Gasteiger partial charge on any atom is 0.522 e. The second-order valence-corrected chi connectivity index (χ2v) is 5.74. The summed E-state index contributed by atoms with van der Waals surface area (Å²) in [5, 5.41) is 0. The van der Waals surface area contributed by atoms with Gasteiger partial charge >= 0.3 is 27.6 Å². The van der Waals surface area contributed by atoms with Crippen molar-refractivity contribution in [1.29, 1.82) is 0 Å². The van der Waals surface area contributed by atoms with Gasteiger partial charge in [-0.2, -0.15) is 21.6 Å². The van der Waals surface area contributed by atoms with Gasteiger partial charge < -0.3 is 4.74 Å². The monoisotopic (exact) mass is 376 g/mol. The van der Waals surface area contributed by atoms with Gasteiger partial charge in [0.25, 0.3) is 0 Å². The van der Waals surface area contributed by atoms with Gasteiger partial charge in [0, 0.05) is 0 Å². The molecule has 0 aromatic heterocycles. The molecule has 0 aliphatic rings. The molecule has 0 bridgehead atoms. The molecule has 10 heteroatoms. The highest BCUT2D eigenvalue weighted by Gasteiger charge is 2.44. The largest absolute Gasteiger partial charge is 0.522 e. The zero-order valence-electron chi connectivity index (χ0n) is 12.3. The van der Waals surface area contributed by atoms with Crippen LogP contribution >= 0.6 is 0 Å². The molecular weight excluding hydrogens is 365 g/mol. The predicted molar refractivity (Wildman–Crippen MR) is 80.2 cm³/mol. The van der Waals surface area contributed by atoms with Gasteiger partial charge in [-0.15, -0.1) is 0 Å². The van der Waals surface area contributed by atoms with Crippen LogP contribution in [0.2, 0.25) is 0 Å². The van der Waals surface area contributed by atoms with Crippen LogP contribution in [0.15, 0.2) is 60.7 Å². The Morgan fingerprint density at radius 1 is 0.800 bits per heavy atom. The summed E-state index contributed by atoms with van der Waals surface area (Å²) in [6.07, 6.45) is 0. The maximum atomic E-state index is 11.6. The number of esters is 2. The quantitative estimate of drug-likeness (QED) is 0.374. The van der Waals surface area contributed by atoms with Crippen LogP contribution in [0.1, 0.15) is 20.7 Å². The van der Waals surface area contributed by atoms with Crippen molar-refractivity contribution in [2.75, 3.05) is 0 Å². The van der Waals surface area contributed by atoms with E-state index in [1.54, 1.807) is 60.7 Å². The topological polar surface area (TPSA) is 97.7 Å². The van der Waals surface area contributed by atoms with Crippen molar-refractivity contribution in [3.8, 4) is 0 Å². The van der Waals surface area contributed by atoms with Crippen molar-refractivity contribution >= 4 is 22.1 Å².